The lowest BCUT2D eigenvalue weighted by Crippen LogP contribution is -2.43. The molecule has 0 bridgehead atoms. The Morgan fingerprint density at radius 2 is 1.89 bits per heavy atom. The van der Waals surface area contributed by atoms with Gasteiger partial charge in [-0.2, -0.15) is 13.2 Å². The minimum atomic E-state index is -4.88. The molecule has 0 saturated heterocycles. The van der Waals surface area contributed by atoms with E-state index >= 15 is 0 Å². The number of aliphatic hydroxyl groups is 1. The van der Waals surface area contributed by atoms with Crippen molar-refractivity contribution < 1.29 is 32.4 Å². The highest BCUT2D eigenvalue weighted by Crippen LogP contribution is 2.32. The Kier molecular flexibility index (Phi) is 5.78. The van der Waals surface area contributed by atoms with Crippen molar-refractivity contribution in [3.63, 3.8) is 0 Å². The van der Waals surface area contributed by atoms with Crippen molar-refractivity contribution in [2.45, 2.75) is 37.6 Å². The lowest BCUT2D eigenvalue weighted by atomic mass is 10.0. The molecule has 0 spiro atoms. The molecule has 0 aromatic rings. The smallest absolute Gasteiger partial charge is 0.416 e. The van der Waals surface area contributed by atoms with Crippen LogP contribution in [0.25, 0.3) is 0 Å². The minimum absolute atomic E-state index is 0.272. The van der Waals surface area contributed by atoms with Gasteiger partial charge in [-0.15, -0.1) is 0 Å². The molecule has 0 aromatic heterocycles. The third-order valence-electron chi connectivity index (χ3n) is 2.61. The standard InChI is InChI=1S/C9H17F3N2O4S/c1-8(17,9(10,11)12)3-5-19(14,18)4-2-6(13)7(15)16/h6,14,17H,2-5,13H2,1H3,(H,15,16)/t6-,8?,19?/m0/s1. The highest BCUT2D eigenvalue weighted by molar-refractivity contribution is 7.92. The monoisotopic (exact) mass is 306 g/mol. The maximum atomic E-state index is 12.3. The zero-order valence-corrected chi connectivity index (χ0v) is 11.1. The predicted octanol–water partition coefficient (Wildman–Crippen LogP) is 0.539. The lowest BCUT2D eigenvalue weighted by molar-refractivity contribution is -0.253. The number of alkyl halides is 3. The van der Waals surface area contributed by atoms with Crippen molar-refractivity contribution in [3.05, 3.63) is 0 Å². The highest BCUT2D eigenvalue weighted by Gasteiger charge is 2.49. The summed E-state index contributed by atoms with van der Waals surface area (Å²) in [5.41, 5.74) is 2.11. The molecule has 114 valence electrons. The molecule has 6 nitrogen and oxygen atoms in total. The minimum Gasteiger partial charge on any atom is -0.480 e. The fourth-order valence-corrected chi connectivity index (χ4v) is 2.61. The van der Waals surface area contributed by atoms with Crippen LogP contribution in [0.1, 0.15) is 19.8 Å². The van der Waals surface area contributed by atoms with E-state index in [4.69, 9.17) is 20.7 Å². The first-order valence-corrected chi connectivity index (χ1v) is 7.20. The maximum Gasteiger partial charge on any atom is 0.416 e. The Morgan fingerprint density at radius 1 is 1.42 bits per heavy atom. The summed E-state index contributed by atoms with van der Waals surface area (Å²) >= 11 is 0. The van der Waals surface area contributed by atoms with Crippen molar-refractivity contribution in [1.29, 1.82) is 4.78 Å². The summed E-state index contributed by atoms with van der Waals surface area (Å²) in [6, 6.07) is -1.31. The van der Waals surface area contributed by atoms with Crippen molar-refractivity contribution in [2.24, 2.45) is 5.73 Å². The average molecular weight is 306 g/mol. The number of nitrogens with one attached hydrogen (secondary N) is 1. The number of rotatable bonds is 7. The summed E-state index contributed by atoms with van der Waals surface area (Å²) < 4.78 is 56.0. The first-order chi connectivity index (χ1) is 8.28. The second-order valence-corrected chi connectivity index (χ2v) is 6.92. The van der Waals surface area contributed by atoms with Gasteiger partial charge in [-0.3, -0.25) is 9.57 Å². The Balaban J connectivity index is 4.45. The molecule has 5 N–H and O–H groups in total. The summed E-state index contributed by atoms with van der Waals surface area (Å²) in [7, 11) is -3.41. The van der Waals surface area contributed by atoms with Crippen LogP contribution in [-0.4, -0.2) is 49.7 Å². The quantitative estimate of drug-likeness (QED) is 0.546. The molecular weight excluding hydrogens is 289 g/mol. The van der Waals surface area contributed by atoms with Crippen molar-refractivity contribution >= 4 is 15.7 Å². The van der Waals surface area contributed by atoms with E-state index < -0.39 is 51.4 Å². The van der Waals surface area contributed by atoms with Gasteiger partial charge in [0.25, 0.3) is 0 Å². The van der Waals surface area contributed by atoms with Gasteiger partial charge in [0.2, 0.25) is 0 Å². The zero-order chi connectivity index (χ0) is 15.5. The third-order valence-corrected chi connectivity index (χ3v) is 4.36. The molecule has 0 aliphatic carbocycles. The summed E-state index contributed by atoms with van der Waals surface area (Å²) in [6.45, 7) is 0.533. The first kappa shape index (κ1) is 18.1. The number of hydrogen-bond acceptors (Lipinski definition) is 5. The van der Waals surface area contributed by atoms with Crippen LogP contribution in [0.4, 0.5) is 13.2 Å². The molecule has 0 aliphatic heterocycles. The maximum absolute atomic E-state index is 12.3. The number of halogens is 3. The van der Waals surface area contributed by atoms with Crippen LogP contribution in [0.3, 0.4) is 0 Å². The normalized spacial score (nSPS) is 20.3. The lowest BCUT2D eigenvalue weighted by Gasteiger charge is -2.26. The van der Waals surface area contributed by atoms with Crippen LogP contribution in [0.15, 0.2) is 0 Å². The second-order valence-electron chi connectivity index (χ2n) is 4.48. The molecule has 10 heteroatoms. The van der Waals surface area contributed by atoms with Crippen LogP contribution < -0.4 is 5.73 Å². The first-order valence-electron chi connectivity index (χ1n) is 5.30. The highest BCUT2D eigenvalue weighted by atomic mass is 32.2. The van der Waals surface area contributed by atoms with Gasteiger partial charge in [0.1, 0.15) is 6.04 Å². The van der Waals surface area contributed by atoms with E-state index in [1.807, 2.05) is 0 Å². The van der Waals surface area contributed by atoms with Gasteiger partial charge >= 0.3 is 12.1 Å². The van der Waals surface area contributed by atoms with Crippen molar-refractivity contribution in [2.75, 3.05) is 11.5 Å². The van der Waals surface area contributed by atoms with Gasteiger partial charge in [-0.25, -0.2) is 4.21 Å². The van der Waals surface area contributed by atoms with Gasteiger partial charge in [0.15, 0.2) is 5.60 Å². The van der Waals surface area contributed by atoms with Gasteiger partial charge in [0, 0.05) is 21.2 Å². The molecule has 0 rings (SSSR count). The average Bonchev–Trinajstić information content (AvgIpc) is 2.22. The third kappa shape index (κ3) is 6.21. The zero-order valence-electron chi connectivity index (χ0n) is 10.2. The van der Waals surface area contributed by atoms with Gasteiger partial charge < -0.3 is 15.9 Å². The molecule has 3 atom stereocenters. The molecule has 0 saturated carbocycles. The number of carboxylic acids is 1. The molecule has 0 aliphatic rings. The van der Waals surface area contributed by atoms with E-state index in [1.165, 1.54) is 0 Å². The fourth-order valence-electron chi connectivity index (χ4n) is 1.05. The summed E-state index contributed by atoms with van der Waals surface area (Å²) in [4.78, 5) is 10.4. The van der Waals surface area contributed by atoms with Crippen LogP contribution in [0.2, 0.25) is 0 Å². The van der Waals surface area contributed by atoms with Gasteiger partial charge in [-0.05, 0) is 19.8 Å². The van der Waals surface area contributed by atoms with E-state index in [2.05, 4.69) is 0 Å². The fraction of sp³-hybridized carbons (Fsp3) is 0.889. The summed E-state index contributed by atoms with van der Waals surface area (Å²) in [6.07, 6.45) is -6.03. The van der Waals surface area contributed by atoms with E-state index in [0.29, 0.717) is 6.92 Å². The molecule has 0 fully saturated rings. The van der Waals surface area contributed by atoms with E-state index in [-0.39, 0.29) is 6.42 Å². The molecule has 0 radical (unpaired) electrons. The number of carbonyl (C=O) groups is 1. The van der Waals surface area contributed by atoms with E-state index in [9.17, 15) is 22.2 Å². The van der Waals surface area contributed by atoms with Crippen molar-refractivity contribution in [1.82, 2.24) is 0 Å². The Hall–Kier alpha value is -0.870. The SMILES string of the molecule is CC(O)(CCS(=N)(=O)CC[C@H](N)C(=O)O)C(F)(F)F. The van der Waals surface area contributed by atoms with Gasteiger partial charge in [-0.1, -0.05) is 0 Å². The van der Waals surface area contributed by atoms with Crippen molar-refractivity contribution in [3.8, 4) is 0 Å². The molecule has 19 heavy (non-hydrogen) atoms. The number of aliphatic carboxylic acids is 1. The van der Waals surface area contributed by atoms with E-state index in [1.54, 1.807) is 0 Å². The predicted molar refractivity (Wildman–Crippen MR) is 62.1 cm³/mol. The summed E-state index contributed by atoms with van der Waals surface area (Å²) in [5.74, 6) is -2.43. The summed E-state index contributed by atoms with van der Waals surface area (Å²) in [5, 5.41) is 17.6. The molecule has 0 amide bonds. The van der Waals surface area contributed by atoms with Crippen LogP contribution in [0.5, 0.6) is 0 Å². The molecular formula is C9H17F3N2O4S. The van der Waals surface area contributed by atoms with Crippen LogP contribution >= 0.6 is 0 Å². The largest absolute Gasteiger partial charge is 0.480 e. The number of carboxylic acid groups (broad SMARTS) is 1. The number of nitrogens with two attached hydrogens (primary N) is 1. The molecule has 0 aromatic carbocycles. The Bertz CT molecular complexity index is 420. The molecule has 0 heterocycles. The Labute approximate surface area is 108 Å². The topological polar surface area (TPSA) is 124 Å². The van der Waals surface area contributed by atoms with E-state index in [0.717, 1.165) is 0 Å². The van der Waals surface area contributed by atoms with Crippen LogP contribution in [0, 0.1) is 4.78 Å². The molecule has 2 unspecified atom stereocenters. The van der Waals surface area contributed by atoms with Crippen LogP contribution in [-0.2, 0) is 14.5 Å². The second kappa shape index (κ2) is 6.06. The Morgan fingerprint density at radius 3 is 2.26 bits per heavy atom. The number of hydrogen-bond donors (Lipinski definition) is 4. The van der Waals surface area contributed by atoms with Gasteiger partial charge in [0.05, 0.1) is 0 Å².